The fourth-order valence-electron chi connectivity index (χ4n) is 5.11. The number of hydrogen-bond acceptors (Lipinski definition) is 7. The summed E-state index contributed by atoms with van der Waals surface area (Å²) in [7, 11) is 0. The molecule has 2 bridgehead atoms. The fourth-order valence-corrected chi connectivity index (χ4v) is 5.11. The molecule has 2 aliphatic heterocycles. The quantitative estimate of drug-likeness (QED) is 0.210. The second-order valence-electron chi connectivity index (χ2n) is 12.5. The van der Waals surface area contributed by atoms with Crippen LogP contribution in [0.15, 0.2) is 66.7 Å². The van der Waals surface area contributed by atoms with E-state index < -0.39 is 59.8 Å². The molecule has 4 rings (SSSR count). The van der Waals surface area contributed by atoms with Gasteiger partial charge in [-0.2, -0.15) is 0 Å². The lowest BCUT2D eigenvalue weighted by molar-refractivity contribution is -0.142. The molecule has 0 aromatic heterocycles. The van der Waals surface area contributed by atoms with Gasteiger partial charge in [-0.1, -0.05) is 82.3 Å². The van der Waals surface area contributed by atoms with Gasteiger partial charge in [0, 0.05) is 12.8 Å². The minimum absolute atomic E-state index is 0.00278. The number of nitrogens with two attached hydrogens (primary N) is 1. The first kappa shape index (κ1) is 36.8. The Kier molecular flexibility index (Phi) is 14.0. The number of fused-ring (bicyclic) bond motifs is 13. The number of hydrogen-bond donors (Lipinski definition) is 6. The summed E-state index contributed by atoms with van der Waals surface area (Å²) in [6.07, 6.45) is 3.84. The Balaban J connectivity index is 1.95. The van der Waals surface area contributed by atoms with Crippen molar-refractivity contribution >= 4 is 29.6 Å². The molecule has 2 aliphatic rings. The van der Waals surface area contributed by atoms with E-state index in [4.69, 9.17) is 10.5 Å². The van der Waals surface area contributed by atoms with Gasteiger partial charge in [0.05, 0.1) is 6.04 Å². The SMILES string of the molecule is CC(C)C[C@H](N)C(=O)N[C@H](C(=O)N[C@H]1Cc2ccc(cc2)OC/C=C/C[C@@H](C(=O)O)NC(=O)[C@H](Cc2ccccc2)NC1=O)C(C)C. The maximum atomic E-state index is 13.9. The number of carbonyl (C=O) groups excluding carboxylic acids is 4. The molecule has 0 unspecified atom stereocenters. The molecule has 2 heterocycles. The highest BCUT2D eigenvalue weighted by atomic mass is 16.5. The second kappa shape index (κ2) is 17.8. The average molecular weight is 650 g/mol. The molecule has 0 saturated carbocycles. The van der Waals surface area contributed by atoms with Crippen LogP contribution in [0.2, 0.25) is 0 Å². The molecule has 0 spiro atoms. The highest BCUT2D eigenvalue weighted by Crippen LogP contribution is 2.15. The van der Waals surface area contributed by atoms with E-state index in [2.05, 4.69) is 21.3 Å². The maximum absolute atomic E-state index is 13.9. The lowest BCUT2D eigenvalue weighted by atomic mass is 9.99. The van der Waals surface area contributed by atoms with Crippen molar-refractivity contribution in [1.29, 1.82) is 0 Å². The summed E-state index contributed by atoms with van der Waals surface area (Å²) in [6, 6.07) is 10.6. The van der Waals surface area contributed by atoms with Gasteiger partial charge in [-0.05, 0) is 47.9 Å². The van der Waals surface area contributed by atoms with Crippen LogP contribution in [-0.4, -0.2) is 71.5 Å². The van der Waals surface area contributed by atoms with Gasteiger partial charge in [-0.3, -0.25) is 19.2 Å². The third-order valence-corrected chi connectivity index (χ3v) is 7.72. The molecule has 2 aromatic carbocycles. The molecule has 0 saturated heterocycles. The van der Waals surface area contributed by atoms with Crippen LogP contribution in [0.25, 0.3) is 0 Å². The first-order valence-corrected chi connectivity index (χ1v) is 15.9. The van der Waals surface area contributed by atoms with Gasteiger partial charge in [0.15, 0.2) is 0 Å². The second-order valence-corrected chi connectivity index (χ2v) is 12.5. The molecule has 4 amide bonds. The number of rotatable bonds is 10. The summed E-state index contributed by atoms with van der Waals surface area (Å²) in [5, 5.41) is 20.6. The molecule has 0 radical (unpaired) electrons. The molecule has 47 heavy (non-hydrogen) atoms. The summed E-state index contributed by atoms with van der Waals surface area (Å²) in [6.45, 7) is 7.61. The number of aliphatic carboxylic acids is 1. The predicted octanol–water partition coefficient (Wildman–Crippen LogP) is 1.86. The summed E-state index contributed by atoms with van der Waals surface area (Å²) < 4.78 is 5.71. The monoisotopic (exact) mass is 649 g/mol. The van der Waals surface area contributed by atoms with Crippen LogP contribution >= 0.6 is 0 Å². The van der Waals surface area contributed by atoms with Crippen LogP contribution in [0.3, 0.4) is 0 Å². The molecule has 0 fully saturated rings. The zero-order chi connectivity index (χ0) is 34.5. The van der Waals surface area contributed by atoms with Gasteiger partial charge < -0.3 is 36.8 Å². The molecular formula is C35H47N5O7. The van der Waals surface area contributed by atoms with Crippen molar-refractivity contribution in [1.82, 2.24) is 21.3 Å². The third kappa shape index (κ3) is 11.9. The topological polar surface area (TPSA) is 189 Å². The van der Waals surface area contributed by atoms with E-state index in [1.807, 2.05) is 19.9 Å². The molecule has 0 aliphatic carbocycles. The van der Waals surface area contributed by atoms with Gasteiger partial charge in [0.2, 0.25) is 23.6 Å². The summed E-state index contributed by atoms with van der Waals surface area (Å²) >= 11 is 0. The summed E-state index contributed by atoms with van der Waals surface area (Å²) in [4.78, 5) is 66.0. The number of nitrogens with one attached hydrogen (secondary N) is 4. The van der Waals surface area contributed by atoms with E-state index in [1.165, 1.54) is 0 Å². The number of carboxylic acids is 1. The van der Waals surface area contributed by atoms with Crippen molar-refractivity contribution in [3.63, 3.8) is 0 Å². The molecule has 12 nitrogen and oxygen atoms in total. The number of carbonyl (C=O) groups is 5. The number of benzene rings is 2. The van der Waals surface area contributed by atoms with Gasteiger partial charge in [0.25, 0.3) is 0 Å². The largest absolute Gasteiger partial charge is 0.490 e. The minimum Gasteiger partial charge on any atom is -0.490 e. The Bertz CT molecular complexity index is 1390. The lowest BCUT2D eigenvalue weighted by Gasteiger charge is -2.28. The number of ether oxygens (including phenoxy) is 1. The van der Waals surface area contributed by atoms with Gasteiger partial charge in [-0.25, -0.2) is 4.79 Å². The zero-order valence-corrected chi connectivity index (χ0v) is 27.4. The Morgan fingerprint density at radius 3 is 2.23 bits per heavy atom. The van der Waals surface area contributed by atoms with E-state index in [0.29, 0.717) is 17.7 Å². The van der Waals surface area contributed by atoms with E-state index in [1.54, 1.807) is 74.5 Å². The number of amides is 4. The van der Waals surface area contributed by atoms with Crippen molar-refractivity contribution in [3.05, 3.63) is 77.9 Å². The normalized spacial score (nSPS) is 21.0. The van der Waals surface area contributed by atoms with Crippen molar-refractivity contribution in [2.24, 2.45) is 17.6 Å². The predicted molar refractivity (Wildman–Crippen MR) is 177 cm³/mol. The molecule has 2 aromatic rings. The Hall–Kier alpha value is -4.71. The smallest absolute Gasteiger partial charge is 0.326 e. The van der Waals surface area contributed by atoms with Crippen molar-refractivity contribution in [2.75, 3.05) is 6.61 Å². The van der Waals surface area contributed by atoms with Crippen molar-refractivity contribution < 1.29 is 33.8 Å². The highest BCUT2D eigenvalue weighted by molar-refractivity contribution is 5.95. The standard InChI is InChI=1S/C35H47N5O7/c1-21(2)18-26(36)31(41)40-30(22(3)4)34(44)39-29-20-24-13-15-25(16-14-24)47-17-9-8-12-27(35(45)46)37-32(42)28(38-33(29)43)19-23-10-6-5-7-11-23/h5-11,13-16,21-22,26-30H,12,17-20,36H2,1-4H3,(H,37,42)(H,38,43)(H,39,44)(H,40,41)(H,45,46)/b9-8+/t26-,27-,28-,29-,30-/m0/s1. The van der Waals surface area contributed by atoms with Crippen LogP contribution in [0.1, 0.15) is 51.7 Å². The molecule has 5 atom stereocenters. The van der Waals surface area contributed by atoms with Crippen molar-refractivity contribution in [2.45, 2.75) is 83.6 Å². The van der Waals surface area contributed by atoms with E-state index in [9.17, 15) is 29.1 Å². The Morgan fingerprint density at radius 1 is 0.936 bits per heavy atom. The van der Waals surface area contributed by atoms with Crippen molar-refractivity contribution in [3.8, 4) is 5.75 Å². The molecule has 7 N–H and O–H groups in total. The molecule has 254 valence electrons. The van der Waals surface area contributed by atoms with E-state index in [-0.39, 0.29) is 37.7 Å². The summed E-state index contributed by atoms with van der Waals surface area (Å²) in [5.74, 6) is -3.24. The summed E-state index contributed by atoms with van der Waals surface area (Å²) in [5.41, 5.74) is 7.51. The number of carboxylic acid groups (broad SMARTS) is 1. The minimum atomic E-state index is -1.25. The van der Waals surface area contributed by atoms with Crippen LogP contribution in [-0.2, 0) is 36.8 Å². The maximum Gasteiger partial charge on any atom is 0.326 e. The molecule has 12 heteroatoms. The van der Waals surface area contributed by atoms with E-state index >= 15 is 0 Å². The van der Waals surface area contributed by atoms with Crippen LogP contribution < -0.4 is 31.7 Å². The van der Waals surface area contributed by atoms with E-state index in [0.717, 1.165) is 5.56 Å². The van der Waals surface area contributed by atoms with Crippen LogP contribution in [0.4, 0.5) is 0 Å². The van der Waals surface area contributed by atoms with Crippen LogP contribution in [0.5, 0.6) is 5.75 Å². The van der Waals surface area contributed by atoms with Crippen LogP contribution in [0, 0.1) is 11.8 Å². The lowest BCUT2D eigenvalue weighted by Crippen LogP contribution is -2.60. The van der Waals surface area contributed by atoms with Gasteiger partial charge >= 0.3 is 5.97 Å². The Morgan fingerprint density at radius 2 is 1.62 bits per heavy atom. The average Bonchev–Trinajstić information content (AvgIpc) is 3.02. The van der Waals surface area contributed by atoms with Gasteiger partial charge in [-0.15, -0.1) is 0 Å². The zero-order valence-electron chi connectivity index (χ0n) is 27.4. The van der Waals surface area contributed by atoms with Gasteiger partial charge in [0.1, 0.15) is 36.5 Å². The molecular weight excluding hydrogens is 602 g/mol. The Labute approximate surface area is 275 Å². The highest BCUT2D eigenvalue weighted by Gasteiger charge is 2.33. The fraction of sp³-hybridized carbons (Fsp3) is 0.457. The first-order chi connectivity index (χ1) is 22.3. The third-order valence-electron chi connectivity index (χ3n) is 7.72. The first-order valence-electron chi connectivity index (χ1n) is 15.9.